The minimum Gasteiger partial charge on any atom is -0.349 e. The Balaban J connectivity index is 2.12. The predicted octanol–water partition coefficient (Wildman–Crippen LogP) is 2.87. The summed E-state index contributed by atoms with van der Waals surface area (Å²) in [6, 6.07) is 0. The molecule has 4 heteroatoms. The summed E-state index contributed by atoms with van der Waals surface area (Å²) in [5.74, 6) is 1.63. The molecule has 0 aliphatic heterocycles. The second kappa shape index (κ2) is 4.44. The van der Waals surface area contributed by atoms with Gasteiger partial charge >= 0.3 is 0 Å². The standard InChI is InChI=1S/C11H18ClN3/c1-2-15-8-7-13-10(15)14-11(9-12)5-3-4-6-11/h7-8H,2-6,9H2,1H3,(H,13,14). The van der Waals surface area contributed by atoms with Crippen LogP contribution in [0.2, 0.25) is 0 Å². The fourth-order valence-electron chi connectivity index (χ4n) is 2.27. The van der Waals surface area contributed by atoms with Crippen molar-refractivity contribution in [1.29, 1.82) is 0 Å². The van der Waals surface area contributed by atoms with E-state index in [4.69, 9.17) is 11.6 Å². The van der Waals surface area contributed by atoms with Gasteiger partial charge in [0.05, 0.1) is 5.54 Å². The largest absolute Gasteiger partial charge is 0.349 e. The van der Waals surface area contributed by atoms with Crippen LogP contribution in [0, 0.1) is 0 Å². The van der Waals surface area contributed by atoms with Gasteiger partial charge in [0.1, 0.15) is 0 Å². The second-order valence-electron chi connectivity index (χ2n) is 4.28. The van der Waals surface area contributed by atoms with E-state index in [1.165, 1.54) is 12.8 Å². The lowest BCUT2D eigenvalue weighted by Crippen LogP contribution is -2.38. The summed E-state index contributed by atoms with van der Waals surface area (Å²) < 4.78 is 2.12. The fraction of sp³-hybridized carbons (Fsp3) is 0.727. The van der Waals surface area contributed by atoms with Crippen LogP contribution >= 0.6 is 11.6 Å². The maximum absolute atomic E-state index is 6.08. The molecule has 0 radical (unpaired) electrons. The molecule has 0 unspecified atom stereocenters. The zero-order valence-electron chi connectivity index (χ0n) is 9.17. The van der Waals surface area contributed by atoms with Crippen molar-refractivity contribution >= 4 is 17.5 Å². The lowest BCUT2D eigenvalue weighted by molar-refractivity contribution is 0.529. The first kappa shape index (κ1) is 10.8. The second-order valence-corrected chi connectivity index (χ2v) is 4.55. The molecule has 1 N–H and O–H groups in total. The van der Waals surface area contributed by atoms with Gasteiger partial charge in [-0.1, -0.05) is 12.8 Å². The lowest BCUT2D eigenvalue weighted by Gasteiger charge is -2.28. The Labute approximate surface area is 95.8 Å². The molecule has 0 amide bonds. The number of rotatable bonds is 4. The molecular formula is C11H18ClN3. The topological polar surface area (TPSA) is 29.9 Å². The van der Waals surface area contributed by atoms with E-state index in [-0.39, 0.29) is 5.54 Å². The summed E-state index contributed by atoms with van der Waals surface area (Å²) in [5.41, 5.74) is 0.0832. The van der Waals surface area contributed by atoms with Gasteiger partial charge in [0, 0.05) is 24.8 Å². The summed E-state index contributed by atoms with van der Waals surface area (Å²) in [4.78, 5) is 4.34. The molecular weight excluding hydrogens is 210 g/mol. The zero-order valence-corrected chi connectivity index (χ0v) is 9.93. The molecule has 0 atom stereocenters. The Bertz CT molecular complexity index is 315. The van der Waals surface area contributed by atoms with E-state index in [0.717, 1.165) is 25.3 Å². The maximum atomic E-state index is 6.08. The quantitative estimate of drug-likeness (QED) is 0.802. The molecule has 15 heavy (non-hydrogen) atoms. The van der Waals surface area contributed by atoms with Gasteiger partial charge < -0.3 is 9.88 Å². The van der Waals surface area contributed by atoms with Crippen LogP contribution in [0.5, 0.6) is 0 Å². The number of hydrogen-bond acceptors (Lipinski definition) is 2. The molecule has 1 heterocycles. The third-order valence-electron chi connectivity index (χ3n) is 3.25. The first-order chi connectivity index (χ1) is 7.29. The predicted molar refractivity (Wildman–Crippen MR) is 63.4 cm³/mol. The van der Waals surface area contributed by atoms with Gasteiger partial charge in [-0.15, -0.1) is 11.6 Å². The van der Waals surface area contributed by atoms with Crippen LogP contribution < -0.4 is 5.32 Å². The van der Waals surface area contributed by atoms with Crippen molar-refractivity contribution < 1.29 is 0 Å². The van der Waals surface area contributed by atoms with Crippen molar-refractivity contribution in [3.8, 4) is 0 Å². The molecule has 3 nitrogen and oxygen atoms in total. The number of nitrogens with zero attached hydrogens (tertiary/aromatic N) is 2. The summed E-state index contributed by atoms with van der Waals surface area (Å²) >= 11 is 6.08. The van der Waals surface area contributed by atoms with Crippen LogP contribution in [-0.2, 0) is 6.54 Å². The van der Waals surface area contributed by atoms with Crippen molar-refractivity contribution in [2.45, 2.75) is 44.7 Å². The van der Waals surface area contributed by atoms with E-state index in [0.29, 0.717) is 5.88 Å². The first-order valence-electron chi connectivity index (χ1n) is 5.65. The van der Waals surface area contributed by atoms with E-state index < -0.39 is 0 Å². The number of halogens is 1. The zero-order chi connectivity index (χ0) is 10.7. The molecule has 0 bridgehead atoms. The lowest BCUT2D eigenvalue weighted by atomic mass is 10.0. The minimum absolute atomic E-state index is 0.0832. The van der Waals surface area contributed by atoms with Crippen LogP contribution in [0.3, 0.4) is 0 Å². The average Bonchev–Trinajstić information content (AvgIpc) is 2.88. The fourth-order valence-corrected chi connectivity index (χ4v) is 2.60. The van der Waals surface area contributed by atoms with Crippen molar-refractivity contribution in [3.05, 3.63) is 12.4 Å². The highest BCUT2D eigenvalue weighted by Crippen LogP contribution is 2.33. The Hall–Kier alpha value is -0.700. The Morgan fingerprint density at radius 3 is 2.87 bits per heavy atom. The smallest absolute Gasteiger partial charge is 0.203 e. The number of hydrogen-bond donors (Lipinski definition) is 1. The average molecular weight is 228 g/mol. The minimum atomic E-state index is 0.0832. The molecule has 0 spiro atoms. The van der Waals surface area contributed by atoms with E-state index in [9.17, 15) is 0 Å². The number of alkyl halides is 1. The molecule has 1 fully saturated rings. The molecule has 2 rings (SSSR count). The third kappa shape index (κ3) is 2.12. The molecule has 84 valence electrons. The van der Waals surface area contributed by atoms with Crippen molar-refractivity contribution in [2.24, 2.45) is 0 Å². The van der Waals surface area contributed by atoms with Crippen molar-refractivity contribution in [2.75, 3.05) is 11.2 Å². The van der Waals surface area contributed by atoms with E-state index in [1.54, 1.807) is 0 Å². The van der Waals surface area contributed by atoms with Crippen LogP contribution in [0.15, 0.2) is 12.4 Å². The molecule has 1 aromatic rings. The molecule has 0 saturated heterocycles. The molecule has 1 aromatic heterocycles. The normalized spacial score (nSPS) is 19.3. The Kier molecular flexibility index (Phi) is 3.19. The molecule has 1 aliphatic rings. The van der Waals surface area contributed by atoms with Crippen LogP contribution in [0.4, 0.5) is 5.95 Å². The van der Waals surface area contributed by atoms with Gasteiger partial charge in [-0.25, -0.2) is 4.98 Å². The third-order valence-corrected chi connectivity index (χ3v) is 3.76. The molecule has 1 aliphatic carbocycles. The number of imidazole rings is 1. The number of aromatic nitrogens is 2. The number of aryl methyl sites for hydroxylation is 1. The van der Waals surface area contributed by atoms with Gasteiger partial charge in [0.15, 0.2) is 0 Å². The summed E-state index contributed by atoms with van der Waals surface area (Å²) in [6.07, 6.45) is 8.70. The van der Waals surface area contributed by atoms with Gasteiger partial charge in [-0.05, 0) is 19.8 Å². The van der Waals surface area contributed by atoms with Gasteiger partial charge in [0.25, 0.3) is 0 Å². The summed E-state index contributed by atoms with van der Waals surface area (Å²) in [7, 11) is 0. The highest BCUT2D eigenvalue weighted by molar-refractivity contribution is 6.18. The highest BCUT2D eigenvalue weighted by Gasteiger charge is 2.33. The summed E-state index contributed by atoms with van der Waals surface area (Å²) in [6.45, 7) is 3.07. The Morgan fingerprint density at radius 1 is 1.53 bits per heavy atom. The van der Waals surface area contributed by atoms with E-state index in [1.807, 2.05) is 12.4 Å². The Morgan fingerprint density at radius 2 is 2.27 bits per heavy atom. The molecule has 1 saturated carbocycles. The van der Waals surface area contributed by atoms with Crippen LogP contribution in [0.25, 0.3) is 0 Å². The monoisotopic (exact) mass is 227 g/mol. The highest BCUT2D eigenvalue weighted by atomic mass is 35.5. The number of nitrogens with one attached hydrogen (secondary N) is 1. The maximum Gasteiger partial charge on any atom is 0.203 e. The van der Waals surface area contributed by atoms with E-state index >= 15 is 0 Å². The van der Waals surface area contributed by atoms with Gasteiger partial charge in [-0.3, -0.25) is 0 Å². The van der Waals surface area contributed by atoms with Crippen LogP contribution in [-0.4, -0.2) is 21.0 Å². The van der Waals surface area contributed by atoms with Gasteiger partial charge in [-0.2, -0.15) is 0 Å². The first-order valence-corrected chi connectivity index (χ1v) is 6.18. The molecule has 0 aromatic carbocycles. The van der Waals surface area contributed by atoms with Crippen molar-refractivity contribution in [3.63, 3.8) is 0 Å². The number of anilines is 1. The van der Waals surface area contributed by atoms with E-state index in [2.05, 4.69) is 21.8 Å². The van der Waals surface area contributed by atoms with Crippen LogP contribution in [0.1, 0.15) is 32.6 Å². The van der Waals surface area contributed by atoms with Crippen molar-refractivity contribution in [1.82, 2.24) is 9.55 Å². The summed E-state index contributed by atoms with van der Waals surface area (Å²) in [5, 5.41) is 3.52. The van der Waals surface area contributed by atoms with Gasteiger partial charge in [0.2, 0.25) is 5.95 Å². The SMILES string of the molecule is CCn1ccnc1NC1(CCl)CCCC1.